The number of amides is 2. The number of rotatable bonds is 3. The van der Waals surface area contributed by atoms with Gasteiger partial charge in [0.15, 0.2) is 0 Å². The number of benzene rings is 2. The molecule has 2 amide bonds. The van der Waals surface area contributed by atoms with Crippen molar-refractivity contribution in [1.29, 1.82) is 0 Å². The van der Waals surface area contributed by atoms with Crippen molar-refractivity contribution in [2.24, 2.45) is 0 Å². The van der Waals surface area contributed by atoms with Gasteiger partial charge < -0.3 is 20.1 Å². The molecule has 0 saturated carbocycles. The molecule has 38 heavy (non-hydrogen) atoms. The van der Waals surface area contributed by atoms with Crippen molar-refractivity contribution in [2.45, 2.75) is 43.7 Å². The largest absolute Gasteiger partial charge is 0.381 e. The highest BCUT2D eigenvalue weighted by atomic mass is 19.1. The number of nitrogens with one attached hydrogen (secondary N) is 1. The average molecular weight is 517 g/mol. The fourth-order valence-corrected chi connectivity index (χ4v) is 4.71. The lowest BCUT2D eigenvalue weighted by Gasteiger charge is -2.26. The molecule has 0 radical (unpaired) electrons. The van der Waals surface area contributed by atoms with E-state index in [0.29, 0.717) is 50.9 Å². The van der Waals surface area contributed by atoms with Crippen LogP contribution in [0.2, 0.25) is 0 Å². The maximum Gasteiger partial charge on any atom is 0.342 e. The first-order valence-electron chi connectivity index (χ1n) is 12.6. The van der Waals surface area contributed by atoms with Crippen LogP contribution in [-0.2, 0) is 22.4 Å². The molecule has 0 bridgehead atoms. The molecule has 1 aromatic heterocycles. The Balaban J connectivity index is 1.25. The highest BCUT2D eigenvalue weighted by molar-refractivity contribution is 6.00. The van der Waals surface area contributed by atoms with Gasteiger partial charge >= 0.3 is 6.03 Å². The smallest absolute Gasteiger partial charge is 0.342 e. The molecule has 0 spiro atoms. The van der Waals surface area contributed by atoms with Gasteiger partial charge in [-0.2, -0.15) is 9.78 Å². The van der Waals surface area contributed by atoms with Crippen molar-refractivity contribution in [3.63, 3.8) is 0 Å². The molecule has 2 N–H and O–H groups in total. The molecule has 1 atom stereocenters. The number of nitrogens with zero attached hydrogens (tertiary/aromatic N) is 3. The summed E-state index contributed by atoms with van der Waals surface area (Å²) in [6.07, 6.45) is 5.67. The molecule has 1 fully saturated rings. The zero-order valence-electron chi connectivity index (χ0n) is 21.1. The van der Waals surface area contributed by atoms with Crippen LogP contribution in [0.1, 0.15) is 41.5 Å². The Morgan fingerprint density at radius 2 is 1.97 bits per heavy atom. The van der Waals surface area contributed by atoms with Crippen molar-refractivity contribution < 1.29 is 23.8 Å². The quantitative estimate of drug-likeness (QED) is 0.522. The van der Waals surface area contributed by atoms with E-state index in [2.05, 4.69) is 22.3 Å². The minimum absolute atomic E-state index is 0.232. The molecule has 2 aliphatic rings. The van der Waals surface area contributed by atoms with E-state index in [4.69, 9.17) is 4.74 Å². The lowest BCUT2D eigenvalue weighted by Crippen LogP contribution is -2.48. The van der Waals surface area contributed by atoms with Crippen molar-refractivity contribution in [3.05, 3.63) is 82.9 Å². The number of ether oxygens (including phenoxy) is 1. The monoisotopic (exact) mass is 516 g/mol. The van der Waals surface area contributed by atoms with Crippen LogP contribution >= 0.6 is 0 Å². The number of hydrogen-bond acceptors (Lipinski definition) is 5. The number of fused-ring (bicyclic) bond motifs is 1. The molecular weight excluding hydrogens is 487 g/mol. The number of hydrogen-bond donors (Lipinski definition) is 2. The first-order valence-corrected chi connectivity index (χ1v) is 12.6. The highest BCUT2D eigenvalue weighted by Crippen LogP contribution is 2.28. The Bertz CT molecular complexity index is 1400. The molecular formula is C29H29FN4O4. The molecule has 3 aromatic rings. The number of likely N-dealkylation sites (N-methyl/N-ethyl adjacent to an activating group) is 1. The lowest BCUT2D eigenvalue weighted by atomic mass is 9.94. The molecule has 196 valence electrons. The first-order chi connectivity index (χ1) is 18.3. The van der Waals surface area contributed by atoms with Crippen LogP contribution < -0.4 is 10.2 Å². The summed E-state index contributed by atoms with van der Waals surface area (Å²) in [7, 11) is 1.68. The van der Waals surface area contributed by atoms with Crippen molar-refractivity contribution in [3.8, 4) is 11.8 Å². The van der Waals surface area contributed by atoms with E-state index in [-0.39, 0.29) is 11.7 Å². The summed E-state index contributed by atoms with van der Waals surface area (Å²) in [5, 5.41) is 17.6. The summed E-state index contributed by atoms with van der Waals surface area (Å²) in [4.78, 5) is 27.7. The second kappa shape index (κ2) is 10.8. The summed E-state index contributed by atoms with van der Waals surface area (Å²) in [6.45, 7) is 0.960. The number of carbonyl (C=O) groups excluding carboxylic acids is 2. The molecule has 3 heterocycles. The number of aliphatic hydroxyl groups is 1. The Morgan fingerprint density at radius 3 is 2.74 bits per heavy atom. The van der Waals surface area contributed by atoms with Gasteiger partial charge in [-0.05, 0) is 53.8 Å². The Labute approximate surface area is 220 Å². The van der Waals surface area contributed by atoms with Crippen LogP contribution in [0.25, 0.3) is 0 Å². The summed E-state index contributed by atoms with van der Waals surface area (Å²) in [5.41, 5.74) is 3.05. The van der Waals surface area contributed by atoms with E-state index in [1.54, 1.807) is 36.5 Å². The SMILES string of the molecule is CN1C(=O)[C@@H](NC(=O)n2cc(Cc3ccc(F)cc3)cn2)CCc2ccc(C#CC3(O)CCOCC3)cc21. The molecule has 1 saturated heterocycles. The minimum atomic E-state index is -1.06. The molecule has 9 heteroatoms. The van der Waals surface area contributed by atoms with E-state index < -0.39 is 17.7 Å². The van der Waals surface area contributed by atoms with Crippen molar-refractivity contribution in [1.82, 2.24) is 15.1 Å². The van der Waals surface area contributed by atoms with Gasteiger partial charge in [0, 0.05) is 43.8 Å². The zero-order chi connectivity index (χ0) is 26.7. The predicted octanol–water partition coefficient (Wildman–Crippen LogP) is 3.04. The molecule has 2 aliphatic heterocycles. The van der Waals surface area contributed by atoms with Crippen molar-refractivity contribution in [2.75, 3.05) is 25.2 Å². The summed E-state index contributed by atoms with van der Waals surface area (Å²) >= 11 is 0. The number of anilines is 1. The van der Waals surface area contributed by atoms with Gasteiger partial charge in [0.05, 0.1) is 19.4 Å². The first kappa shape index (κ1) is 25.6. The number of aromatic nitrogens is 2. The number of halogens is 1. The van der Waals surface area contributed by atoms with Gasteiger partial charge in [0.1, 0.15) is 17.5 Å². The van der Waals surface area contributed by atoms with Gasteiger partial charge in [-0.1, -0.05) is 30.0 Å². The summed E-state index contributed by atoms with van der Waals surface area (Å²) in [5.74, 6) is 5.49. The van der Waals surface area contributed by atoms with Gasteiger partial charge in [-0.25, -0.2) is 9.18 Å². The minimum Gasteiger partial charge on any atom is -0.381 e. The van der Waals surface area contributed by atoms with Crippen LogP contribution in [-0.4, -0.2) is 58.7 Å². The van der Waals surface area contributed by atoms with E-state index >= 15 is 0 Å². The Hall–Kier alpha value is -4.00. The number of carbonyl (C=O) groups is 2. The van der Waals surface area contributed by atoms with E-state index in [1.807, 2.05) is 18.2 Å². The van der Waals surface area contributed by atoms with Gasteiger partial charge in [-0.3, -0.25) is 4.79 Å². The van der Waals surface area contributed by atoms with Gasteiger partial charge in [0.25, 0.3) is 0 Å². The second-order valence-electron chi connectivity index (χ2n) is 9.77. The third-order valence-electron chi connectivity index (χ3n) is 7.00. The Kier molecular flexibility index (Phi) is 7.27. The Morgan fingerprint density at radius 1 is 1.21 bits per heavy atom. The third kappa shape index (κ3) is 5.77. The topological polar surface area (TPSA) is 96.7 Å². The lowest BCUT2D eigenvalue weighted by molar-refractivity contribution is -0.120. The normalized spacial score (nSPS) is 18.7. The van der Waals surface area contributed by atoms with Crippen LogP contribution in [0, 0.1) is 17.7 Å². The van der Waals surface area contributed by atoms with Crippen LogP contribution in [0.5, 0.6) is 0 Å². The molecule has 2 aromatic carbocycles. The fraction of sp³-hybridized carbons (Fsp3) is 0.345. The third-order valence-corrected chi connectivity index (χ3v) is 7.00. The second-order valence-corrected chi connectivity index (χ2v) is 9.77. The fourth-order valence-electron chi connectivity index (χ4n) is 4.71. The number of aryl methyl sites for hydroxylation is 1. The zero-order valence-corrected chi connectivity index (χ0v) is 21.1. The molecule has 5 rings (SSSR count). The maximum absolute atomic E-state index is 13.3. The van der Waals surface area contributed by atoms with Crippen LogP contribution in [0.3, 0.4) is 0 Å². The standard InChI is InChI=1S/C29H29FN4O4/c1-33-26-17-21(10-11-29(37)12-14-38-15-13-29)2-5-23(26)6-9-25(27(33)35)32-28(36)34-19-22(18-31-34)16-20-3-7-24(30)8-4-20/h2-5,7-8,17-19,25,37H,6,9,12-16H2,1H3,(H,32,36)/t25-/m0/s1. The predicted molar refractivity (Wildman–Crippen MR) is 139 cm³/mol. The molecule has 8 nitrogen and oxygen atoms in total. The highest BCUT2D eigenvalue weighted by Gasteiger charge is 2.30. The summed E-state index contributed by atoms with van der Waals surface area (Å²) < 4.78 is 19.6. The van der Waals surface area contributed by atoms with Crippen LogP contribution in [0.4, 0.5) is 14.9 Å². The molecule has 0 aliphatic carbocycles. The van der Waals surface area contributed by atoms with E-state index in [0.717, 1.165) is 22.4 Å². The molecule has 0 unspecified atom stereocenters. The van der Waals surface area contributed by atoms with E-state index in [1.165, 1.54) is 16.8 Å². The van der Waals surface area contributed by atoms with Crippen LogP contribution in [0.15, 0.2) is 54.9 Å². The maximum atomic E-state index is 13.3. The van der Waals surface area contributed by atoms with Gasteiger partial charge in [0.2, 0.25) is 5.91 Å². The van der Waals surface area contributed by atoms with E-state index in [9.17, 15) is 19.1 Å². The van der Waals surface area contributed by atoms with Crippen molar-refractivity contribution >= 4 is 17.6 Å². The van der Waals surface area contributed by atoms with Gasteiger partial charge in [-0.15, -0.1) is 0 Å². The average Bonchev–Trinajstić information content (AvgIpc) is 3.35. The summed E-state index contributed by atoms with van der Waals surface area (Å²) in [6, 6.07) is 10.6.